The van der Waals surface area contributed by atoms with Gasteiger partial charge >= 0.3 is 0 Å². The molecule has 0 aliphatic rings. The Morgan fingerprint density at radius 2 is 0.850 bits per heavy atom. The second-order valence-electron chi connectivity index (χ2n) is 8.01. The van der Waals surface area contributed by atoms with E-state index in [4.69, 9.17) is 0 Å². The molecule has 0 heterocycles. The highest BCUT2D eigenvalue weighted by molar-refractivity contribution is 4.81. The van der Waals surface area contributed by atoms with E-state index in [1.807, 2.05) is 0 Å². The Balaban J connectivity index is 0. The minimum absolute atomic E-state index is 0.445. The SMILES string of the molecule is CCCCCC(C)(C)C(C)(C)C.CCCCCCCC. The summed E-state index contributed by atoms with van der Waals surface area (Å²) >= 11 is 0. The van der Waals surface area contributed by atoms with Crippen LogP contribution in [0.4, 0.5) is 0 Å². The molecule has 0 fully saturated rings. The third-order valence-corrected chi connectivity index (χ3v) is 4.89. The lowest BCUT2D eigenvalue weighted by molar-refractivity contribution is 0.116. The predicted molar refractivity (Wildman–Crippen MR) is 96.4 cm³/mol. The minimum atomic E-state index is 0.445. The van der Waals surface area contributed by atoms with Crippen molar-refractivity contribution in [2.24, 2.45) is 10.8 Å². The van der Waals surface area contributed by atoms with Crippen LogP contribution in [0.5, 0.6) is 0 Å². The van der Waals surface area contributed by atoms with E-state index in [2.05, 4.69) is 55.4 Å². The Labute approximate surface area is 131 Å². The maximum absolute atomic E-state index is 2.39. The van der Waals surface area contributed by atoms with Crippen LogP contribution in [0.3, 0.4) is 0 Å². The molecule has 0 bridgehead atoms. The maximum atomic E-state index is 2.39. The Morgan fingerprint density at radius 1 is 0.500 bits per heavy atom. The van der Waals surface area contributed by atoms with Gasteiger partial charge in [0, 0.05) is 0 Å². The molecule has 0 rings (SSSR count). The Bertz CT molecular complexity index is 177. The molecular weight excluding hydrogens is 240 g/mol. The third kappa shape index (κ3) is 13.0. The zero-order valence-corrected chi connectivity index (χ0v) is 16.1. The fraction of sp³-hybridized carbons (Fsp3) is 1.00. The third-order valence-electron chi connectivity index (χ3n) is 4.89. The first-order chi connectivity index (χ1) is 9.22. The van der Waals surface area contributed by atoms with Crippen molar-refractivity contribution < 1.29 is 0 Å². The minimum Gasteiger partial charge on any atom is -0.0654 e. The Kier molecular flexibility index (Phi) is 14.2. The number of rotatable bonds is 9. The fourth-order valence-corrected chi connectivity index (χ4v) is 2.05. The first kappa shape index (κ1) is 22.3. The summed E-state index contributed by atoms with van der Waals surface area (Å²) in [6.45, 7) is 18.6. The first-order valence-corrected chi connectivity index (χ1v) is 9.22. The zero-order chi connectivity index (χ0) is 16.1. The van der Waals surface area contributed by atoms with Crippen molar-refractivity contribution in [1.82, 2.24) is 0 Å². The van der Waals surface area contributed by atoms with Crippen molar-refractivity contribution in [3.8, 4) is 0 Å². The van der Waals surface area contributed by atoms with Gasteiger partial charge in [0.25, 0.3) is 0 Å². The summed E-state index contributed by atoms with van der Waals surface area (Å²) in [4.78, 5) is 0. The van der Waals surface area contributed by atoms with Gasteiger partial charge in [0.15, 0.2) is 0 Å². The molecule has 124 valence electrons. The summed E-state index contributed by atoms with van der Waals surface area (Å²) in [5.74, 6) is 0. The van der Waals surface area contributed by atoms with Crippen molar-refractivity contribution >= 4 is 0 Å². The van der Waals surface area contributed by atoms with Crippen molar-refractivity contribution in [2.45, 2.75) is 120 Å². The highest BCUT2D eigenvalue weighted by atomic mass is 14.4. The summed E-state index contributed by atoms with van der Waals surface area (Å²) in [6.07, 6.45) is 14.0. The van der Waals surface area contributed by atoms with Gasteiger partial charge in [-0.2, -0.15) is 0 Å². The lowest BCUT2D eigenvalue weighted by Crippen LogP contribution is -2.29. The highest BCUT2D eigenvalue weighted by Crippen LogP contribution is 2.41. The molecular formula is C20H44. The van der Waals surface area contributed by atoms with E-state index in [9.17, 15) is 0 Å². The van der Waals surface area contributed by atoms with E-state index < -0.39 is 0 Å². The molecule has 20 heavy (non-hydrogen) atoms. The molecule has 0 radical (unpaired) electrons. The fourth-order valence-electron chi connectivity index (χ4n) is 2.05. The number of hydrogen-bond acceptors (Lipinski definition) is 0. The molecule has 0 saturated carbocycles. The second kappa shape index (κ2) is 12.7. The van der Waals surface area contributed by atoms with Crippen LogP contribution in [-0.4, -0.2) is 0 Å². The van der Waals surface area contributed by atoms with Crippen LogP contribution in [0.1, 0.15) is 120 Å². The van der Waals surface area contributed by atoms with Crippen LogP contribution in [0, 0.1) is 10.8 Å². The second-order valence-corrected chi connectivity index (χ2v) is 8.01. The van der Waals surface area contributed by atoms with Gasteiger partial charge in [0.1, 0.15) is 0 Å². The van der Waals surface area contributed by atoms with E-state index in [-0.39, 0.29) is 0 Å². The van der Waals surface area contributed by atoms with Gasteiger partial charge in [0.2, 0.25) is 0 Å². The van der Waals surface area contributed by atoms with Gasteiger partial charge < -0.3 is 0 Å². The molecule has 0 aromatic carbocycles. The molecule has 0 spiro atoms. The molecule has 0 amide bonds. The van der Waals surface area contributed by atoms with Crippen molar-refractivity contribution in [2.75, 3.05) is 0 Å². The van der Waals surface area contributed by atoms with Gasteiger partial charge in [0.05, 0.1) is 0 Å². The molecule has 0 aromatic rings. The summed E-state index contributed by atoms with van der Waals surface area (Å²) < 4.78 is 0. The van der Waals surface area contributed by atoms with Crippen LogP contribution in [0.15, 0.2) is 0 Å². The predicted octanol–water partition coefficient (Wildman–Crippen LogP) is 8.01. The molecule has 0 nitrogen and oxygen atoms in total. The van der Waals surface area contributed by atoms with Gasteiger partial charge in [-0.15, -0.1) is 0 Å². The van der Waals surface area contributed by atoms with Crippen LogP contribution in [0.25, 0.3) is 0 Å². The summed E-state index contributed by atoms with van der Waals surface area (Å²) in [6, 6.07) is 0. The van der Waals surface area contributed by atoms with E-state index in [1.54, 1.807) is 0 Å². The van der Waals surface area contributed by atoms with Gasteiger partial charge in [-0.3, -0.25) is 0 Å². The van der Waals surface area contributed by atoms with Crippen LogP contribution >= 0.6 is 0 Å². The average molecular weight is 285 g/mol. The number of hydrogen-bond donors (Lipinski definition) is 0. The quantitative estimate of drug-likeness (QED) is 0.376. The van der Waals surface area contributed by atoms with Crippen molar-refractivity contribution in [3.05, 3.63) is 0 Å². The zero-order valence-electron chi connectivity index (χ0n) is 16.1. The molecule has 0 N–H and O–H groups in total. The van der Waals surface area contributed by atoms with E-state index in [1.165, 1.54) is 64.2 Å². The highest BCUT2D eigenvalue weighted by Gasteiger charge is 2.31. The van der Waals surface area contributed by atoms with Crippen molar-refractivity contribution in [1.29, 1.82) is 0 Å². The van der Waals surface area contributed by atoms with Gasteiger partial charge in [-0.1, -0.05) is 113 Å². The maximum Gasteiger partial charge on any atom is -0.0306 e. The Morgan fingerprint density at radius 3 is 1.15 bits per heavy atom. The Hall–Kier alpha value is 0. The van der Waals surface area contributed by atoms with Gasteiger partial charge in [-0.05, 0) is 17.3 Å². The standard InChI is InChI=1S/C12H26.C8H18/c1-7-8-9-10-12(5,6)11(2,3)4;1-3-5-7-8-6-4-2/h7-10H2,1-6H3;3-8H2,1-2H3. The molecule has 0 unspecified atom stereocenters. The number of unbranched alkanes of at least 4 members (excludes halogenated alkanes) is 7. The van der Waals surface area contributed by atoms with Crippen molar-refractivity contribution in [3.63, 3.8) is 0 Å². The normalized spacial score (nSPS) is 12.0. The lowest BCUT2D eigenvalue weighted by Gasteiger charge is -2.39. The average Bonchev–Trinajstić information content (AvgIpc) is 2.34. The molecule has 0 aromatic heterocycles. The molecule has 0 saturated heterocycles. The molecule has 0 atom stereocenters. The van der Waals surface area contributed by atoms with Crippen LogP contribution < -0.4 is 0 Å². The van der Waals surface area contributed by atoms with Gasteiger partial charge in [-0.25, -0.2) is 0 Å². The lowest BCUT2D eigenvalue weighted by atomic mass is 9.67. The monoisotopic (exact) mass is 284 g/mol. The first-order valence-electron chi connectivity index (χ1n) is 9.22. The topological polar surface area (TPSA) is 0 Å². The molecule has 0 aliphatic carbocycles. The van der Waals surface area contributed by atoms with Crippen LogP contribution in [0.2, 0.25) is 0 Å². The van der Waals surface area contributed by atoms with E-state index in [0.29, 0.717) is 10.8 Å². The largest absolute Gasteiger partial charge is 0.0654 e. The molecule has 0 heteroatoms. The van der Waals surface area contributed by atoms with Crippen LogP contribution in [-0.2, 0) is 0 Å². The van der Waals surface area contributed by atoms with E-state index in [0.717, 1.165) is 0 Å². The summed E-state index contributed by atoms with van der Waals surface area (Å²) in [5.41, 5.74) is 0.933. The summed E-state index contributed by atoms with van der Waals surface area (Å²) in [5, 5.41) is 0. The summed E-state index contributed by atoms with van der Waals surface area (Å²) in [7, 11) is 0. The smallest absolute Gasteiger partial charge is 0.0306 e. The van der Waals surface area contributed by atoms with E-state index >= 15 is 0 Å². The molecule has 0 aliphatic heterocycles.